The van der Waals surface area contributed by atoms with Crippen molar-refractivity contribution >= 4 is 23.9 Å². The minimum absolute atomic E-state index is 0.0751. The topological polar surface area (TPSA) is 116 Å². The molecule has 0 aliphatic carbocycles. The highest BCUT2D eigenvalue weighted by Gasteiger charge is 2.46. The minimum atomic E-state index is -1.33. The fourth-order valence-electron chi connectivity index (χ4n) is 4.66. The van der Waals surface area contributed by atoms with E-state index in [4.69, 9.17) is 4.74 Å². The van der Waals surface area contributed by atoms with E-state index >= 15 is 0 Å². The number of aryl methyl sites for hydroxylation is 1. The van der Waals surface area contributed by atoms with Crippen molar-refractivity contribution in [2.75, 3.05) is 6.54 Å². The fourth-order valence-corrected chi connectivity index (χ4v) is 4.66. The van der Waals surface area contributed by atoms with Gasteiger partial charge in [-0.25, -0.2) is 14.5 Å². The quantitative estimate of drug-likeness (QED) is 0.335. The Hall–Kier alpha value is -4.50. The Morgan fingerprint density at radius 1 is 0.900 bits per heavy atom. The summed E-state index contributed by atoms with van der Waals surface area (Å²) in [6, 6.07) is 24.1. The van der Waals surface area contributed by atoms with Crippen LogP contribution < -0.4 is 5.32 Å². The number of amides is 3. The van der Waals surface area contributed by atoms with E-state index in [9.17, 15) is 24.3 Å². The molecule has 208 valence electrons. The van der Waals surface area contributed by atoms with Gasteiger partial charge in [-0.1, -0.05) is 91.0 Å². The first-order valence-electron chi connectivity index (χ1n) is 13.2. The van der Waals surface area contributed by atoms with Crippen LogP contribution in [0.4, 0.5) is 4.79 Å². The molecule has 4 rings (SSSR count). The molecule has 0 unspecified atom stereocenters. The highest BCUT2D eigenvalue weighted by molar-refractivity contribution is 6.02. The number of carbonyl (C=O) groups excluding carboxylic acids is 3. The first kappa shape index (κ1) is 28.5. The number of carboxylic acid groups (broad SMARTS) is 1. The Balaban J connectivity index is 1.46. The molecule has 0 bridgehead atoms. The molecule has 0 spiro atoms. The lowest BCUT2D eigenvalue weighted by Crippen LogP contribution is -2.54. The zero-order valence-electron chi connectivity index (χ0n) is 22.3. The summed E-state index contributed by atoms with van der Waals surface area (Å²) in [4.78, 5) is 54.0. The van der Waals surface area contributed by atoms with Crippen LogP contribution in [0.1, 0.15) is 30.0 Å². The molecule has 9 heteroatoms. The molecule has 1 fully saturated rings. The van der Waals surface area contributed by atoms with Crippen LogP contribution in [-0.4, -0.2) is 63.5 Å². The predicted octanol–water partition coefficient (Wildman–Crippen LogP) is 3.63. The van der Waals surface area contributed by atoms with Gasteiger partial charge in [-0.15, -0.1) is 0 Å². The van der Waals surface area contributed by atoms with Gasteiger partial charge < -0.3 is 14.7 Å². The van der Waals surface area contributed by atoms with Crippen LogP contribution in [0, 0.1) is 0 Å². The maximum absolute atomic E-state index is 13.5. The summed E-state index contributed by atoms with van der Waals surface area (Å²) in [5, 5.41) is 12.8. The van der Waals surface area contributed by atoms with Gasteiger partial charge >= 0.3 is 18.0 Å². The number of imide groups is 1. The number of carboxylic acids is 1. The number of nitrogens with one attached hydrogen (secondary N) is 1. The van der Waals surface area contributed by atoms with Crippen LogP contribution in [0.25, 0.3) is 0 Å². The first-order valence-corrected chi connectivity index (χ1v) is 13.2. The second-order valence-corrected chi connectivity index (χ2v) is 9.77. The second kappa shape index (κ2) is 13.5. The molecule has 40 heavy (non-hydrogen) atoms. The van der Waals surface area contributed by atoms with Crippen LogP contribution in [0.15, 0.2) is 91.0 Å². The molecule has 1 saturated heterocycles. The van der Waals surface area contributed by atoms with E-state index in [1.54, 1.807) is 0 Å². The standard InChI is InChI=1S/C31H33N3O6/c1-22(28(35)34-27(29(36)37)20-33(31(34)39)19-24-13-7-3-8-14-24)32-26(18-17-23-11-5-2-6-12-23)30(38)40-21-25-15-9-4-10-16-25/h2-16,22,26-27,32H,17-21H2,1H3,(H,36,37)/t22-,26-,27-/m0/s1. The molecule has 3 aromatic carbocycles. The van der Waals surface area contributed by atoms with Gasteiger partial charge in [0.05, 0.1) is 12.6 Å². The largest absolute Gasteiger partial charge is 0.480 e. The number of rotatable bonds is 12. The summed E-state index contributed by atoms with van der Waals surface area (Å²) in [5.74, 6) is -2.52. The first-order chi connectivity index (χ1) is 19.3. The van der Waals surface area contributed by atoms with Crippen molar-refractivity contribution in [3.8, 4) is 0 Å². The zero-order chi connectivity index (χ0) is 28.5. The summed E-state index contributed by atoms with van der Waals surface area (Å²) >= 11 is 0. The lowest BCUT2D eigenvalue weighted by Gasteiger charge is -2.26. The number of carbonyl (C=O) groups is 4. The Kier molecular flexibility index (Phi) is 9.64. The minimum Gasteiger partial charge on any atom is -0.480 e. The van der Waals surface area contributed by atoms with Crippen molar-refractivity contribution in [2.24, 2.45) is 0 Å². The van der Waals surface area contributed by atoms with E-state index in [0.29, 0.717) is 12.8 Å². The maximum Gasteiger partial charge on any atom is 0.328 e. The lowest BCUT2D eigenvalue weighted by atomic mass is 10.0. The smallest absolute Gasteiger partial charge is 0.328 e. The Morgan fingerprint density at radius 2 is 1.45 bits per heavy atom. The molecule has 0 radical (unpaired) electrons. The van der Waals surface area contributed by atoms with Gasteiger partial charge in [0.2, 0.25) is 5.91 Å². The Morgan fingerprint density at radius 3 is 2.02 bits per heavy atom. The Bertz CT molecular complexity index is 1300. The van der Waals surface area contributed by atoms with Gasteiger partial charge in [0.25, 0.3) is 0 Å². The van der Waals surface area contributed by atoms with Crippen LogP contribution in [0.5, 0.6) is 0 Å². The molecule has 1 aliphatic rings. The van der Waals surface area contributed by atoms with E-state index in [1.807, 2.05) is 91.0 Å². The average Bonchev–Trinajstić information content (AvgIpc) is 3.30. The van der Waals surface area contributed by atoms with Gasteiger partial charge in [0.1, 0.15) is 12.6 Å². The lowest BCUT2D eigenvalue weighted by molar-refractivity contribution is -0.149. The highest BCUT2D eigenvalue weighted by atomic mass is 16.5. The molecule has 3 aromatic rings. The number of ether oxygens (including phenoxy) is 1. The van der Waals surface area contributed by atoms with Crippen LogP contribution in [-0.2, 0) is 38.7 Å². The molecule has 9 nitrogen and oxygen atoms in total. The van der Waals surface area contributed by atoms with Crippen LogP contribution in [0.3, 0.4) is 0 Å². The van der Waals surface area contributed by atoms with E-state index in [-0.39, 0.29) is 19.7 Å². The van der Waals surface area contributed by atoms with Gasteiger partial charge in [0.15, 0.2) is 6.04 Å². The van der Waals surface area contributed by atoms with Gasteiger partial charge in [-0.3, -0.25) is 14.9 Å². The number of benzene rings is 3. The van der Waals surface area contributed by atoms with Crippen molar-refractivity contribution in [3.05, 3.63) is 108 Å². The number of hydrogen-bond acceptors (Lipinski definition) is 6. The normalized spacial score (nSPS) is 16.4. The van der Waals surface area contributed by atoms with Gasteiger partial charge in [-0.05, 0) is 36.5 Å². The molecule has 3 amide bonds. The van der Waals surface area contributed by atoms with Gasteiger partial charge in [-0.2, -0.15) is 0 Å². The SMILES string of the molecule is C[C@H](N[C@@H](CCc1ccccc1)C(=O)OCc1ccccc1)C(=O)N1C(=O)N(Cc2ccccc2)C[C@H]1C(=O)O. The van der Waals surface area contributed by atoms with Crippen molar-refractivity contribution in [2.45, 2.75) is 51.0 Å². The van der Waals surface area contributed by atoms with Crippen LogP contribution >= 0.6 is 0 Å². The second-order valence-electron chi connectivity index (χ2n) is 9.77. The fraction of sp³-hybridized carbons (Fsp3) is 0.290. The maximum atomic E-state index is 13.5. The molecule has 0 saturated carbocycles. The molecule has 1 aliphatic heterocycles. The highest BCUT2D eigenvalue weighted by Crippen LogP contribution is 2.21. The number of aliphatic carboxylic acids is 1. The third-order valence-corrected chi connectivity index (χ3v) is 6.81. The van der Waals surface area contributed by atoms with Crippen molar-refractivity contribution in [3.63, 3.8) is 0 Å². The van der Waals surface area contributed by atoms with Crippen molar-refractivity contribution in [1.29, 1.82) is 0 Å². The van der Waals surface area contributed by atoms with Crippen molar-refractivity contribution < 1.29 is 29.0 Å². The summed E-state index contributed by atoms with van der Waals surface area (Å²) < 4.78 is 5.55. The summed E-state index contributed by atoms with van der Waals surface area (Å²) in [6.07, 6.45) is 0.886. The summed E-state index contributed by atoms with van der Waals surface area (Å²) in [7, 11) is 0. The zero-order valence-corrected chi connectivity index (χ0v) is 22.3. The number of hydrogen-bond donors (Lipinski definition) is 2. The molecule has 0 aromatic heterocycles. The van der Waals surface area contributed by atoms with E-state index in [1.165, 1.54) is 11.8 Å². The molecule has 3 atom stereocenters. The average molecular weight is 544 g/mol. The number of esters is 1. The third-order valence-electron chi connectivity index (χ3n) is 6.81. The molecular formula is C31H33N3O6. The number of urea groups is 1. The molecule has 1 heterocycles. The van der Waals surface area contributed by atoms with Crippen LogP contribution in [0.2, 0.25) is 0 Å². The summed E-state index contributed by atoms with van der Waals surface area (Å²) in [5.41, 5.74) is 2.66. The number of nitrogens with zero attached hydrogens (tertiary/aromatic N) is 2. The van der Waals surface area contributed by atoms with E-state index in [0.717, 1.165) is 21.6 Å². The van der Waals surface area contributed by atoms with E-state index < -0.39 is 42.0 Å². The Labute approximate surface area is 233 Å². The third kappa shape index (κ3) is 7.33. The van der Waals surface area contributed by atoms with E-state index in [2.05, 4.69) is 5.32 Å². The summed E-state index contributed by atoms with van der Waals surface area (Å²) in [6.45, 7) is 1.65. The predicted molar refractivity (Wildman–Crippen MR) is 148 cm³/mol. The van der Waals surface area contributed by atoms with Crippen molar-refractivity contribution in [1.82, 2.24) is 15.1 Å². The molecular weight excluding hydrogens is 510 g/mol. The van der Waals surface area contributed by atoms with Gasteiger partial charge in [0, 0.05) is 6.54 Å². The molecule has 2 N–H and O–H groups in total. The monoisotopic (exact) mass is 543 g/mol.